The van der Waals surface area contributed by atoms with Crippen molar-refractivity contribution < 1.29 is 24.5 Å². The van der Waals surface area contributed by atoms with Gasteiger partial charge in [0.2, 0.25) is 5.91 Å². The van der Waals surface area contributed by atoms with Gasteiger partial charge >= 0.3 is 5.97 Å². The number of amides is 1. The van der Waals surface area contributed by atoms with E-state index in [4.69, 9.17) is 4.74 Å². The highest BCUT2D eigenvalue weighted by Gasteiger charge is 2.18. The molecule has 2 atom stereocenters. The van der Waals surface area contributed by atoms with Crippen LogP contribution in [0.2, 0.25) is 0 Å². The molecular weight excluding hydrogens is 827 g/mol. The summed E-state index contributed by atoms with van der Waals surface area (Å²) >= 11 is 0. The summed E-state index contributed by atoms with van der Waals surface area (Å²) in [6.45, 7) is 4.83. The summed E-state index contributed by atoms with van der Waals surface area (Å²) in [5.41, 5.74) is 0. The molecule has 0 saturated carbocycles. The maximum absolute atomic E-state index is 12.4. The molecule has 390 valence electrons. The van der Waals surface area contributed by atoms with Gasteiger partial charge in [0.25, 0.3) is 0 Å². The number of carbonyl (C=O) groups excluding carboxylic acids is 2. The van der Waals surface area contributed by atoms with Gasteiger partial charge in [0.05, 0.1) is 25.4 Å². The van der Waals surface area contributed by atoms with Crippen LogP contribution < -0.4 is 5.32 Å². The minimum absolute atomic E-state index is 0.0223. The SMILES string of the molecule is CCCCCC/C=C\C/C=C\CCCCCCCCCC(=O)OCCCCC/C=C\C=C/CCCCCCCCCCCCC(=O)NC(CO)C(O)/C=C/CCCCCCCCCCCCC. The minimum atomic E-state index is -0.852. The third kappa shape index (κ3) is 52.8. The van der Waals surface area contributed by atoms with Gasteiger partial charge in [0.1, 0.15) is 0 Å². The summed E-state index contributed by atoms with van der Waals surface area (Å²) in [5, 5.41) is 23.0. The van der Waals surface area contributed by atoms with Crippen molar-refractivity contribution in [2.24, 2.45) is 0 Å². The summed E-state index contributed by atoms with van der Waals surface area (Å²) in [6, 6.07) is -0.636. The first-order chi connectivity index (χ1) is 33.0. The van der Waals surface area contributed by atoms with Crippen molar-refractivity contribution in [3.8, 4) is 0 Å². The first-order valence-corrected chi connectivity index (χ1v) is 29.1. The molecule has 6 nitrogen and oxygen atoms in total. The van der Waals surface area contributed by atoms with E-state index >= 15 is 0 Å². The highest BCUT2D eigenvalue weighted by Crippen LogP contribution is 2.15. The lowest BCUT2D eigenvalue weighted by atomic mass is 10.0. The summed E-state index contributed by atoms with van der Waals surface area (Å²) < 4.78 is 5.46. The Morgan fingerprint density at radius 3 is 1.24 bits per heavy atom. The Labute approximate surface area is 416 Å². The number of carbonyl (C=O) groups is 2. The molecule has 0 bridgehead atoms. The van der Waals surface area contributed by atoms with Crippen LogP contribution in [0.3, 0.4) is 0 Å². The lowest BCUT2D eigenvalue weighted by Crippen LogP contribution is -2.45. The fourth-order valence-electron chi connectivity index (χ4n) is 8.54. The fourth-order valence-corrected chi connectivity index (χ4v) is 8.54. The second-order valence-electron chi connectivity index (χ2n) is 19.6. The summed E-state index contributed by atoms with van der Waals surface area (Å²) in [5.74, 6) is -0.102. The number of aliphatic hydroxyl groups excluding tert-OH is 2. The number of ether oxygens (including phenoxy) is 1. The molecule has 0 aliphatic rings. The van der Waals surface area contributed by atoms with Crippen LogP contribution in [-0.2, 0) is 14.3 Å². The van der Waals surface area contributed by atoms with Crippen LogP contribution in [0, 0.1) is 0 Å². The van der Waals surface area contributed by atoms with Crippen LogP contribution in [0.5, 0.6) is 0 Å². The van der Waals surface area contributed by atoms with Crippen molar-refractivity contribution in [1.29, 1.82) is 0 Å². The topological polar surface area (TPSA) is 95.9 Å². The average Bonchev–Trinajstić information content (AvgIpc) is 3.33. The Balaban J connectivity index is 3.50. The van der Waals surface area contributed by atoms with Crippen LogP contribution in [0.1, 0.15) is 290 Å². The molecule has 0 fully saturated rings. The maximum Gasteiger partial charge on any atom is 0.305 e. The quantitative estimate of drug-likeness (QED) is 0.0244. The number of rotatable bonds is 53. The van der Waals surface area contributed by atoms with Gasteiger partial charge in [0, 0.05) is 12.8 Å². The van der Waals surface area contributed by atoms with Crippen molar-refractivity contribution >= 4 is 11.9 Å². The summed E-state index contributed by atoms with van der Waals surface area (Å²) in [4.78, 5) is 24.5. The van der Waals surface area contributed by atoms with Crippen molar-refractivity contribution in [2.45, 2.75) is 302 Å². The van der Waals surface area contributed by atoms with E-state index in [1.54, 1.807) is 6.08 Å². The van der Waals surface area contributed by atoms with Gasteiger partial charge in [-0.2, -0.15) is 0 Å². The zero-order valence-corrected chi connectivity index (χ0v) is 44.4. The van der Waals surface area contributed by atoms with Crippen LogP contribution in [-0.4, -0.2) is 47.4 Å². The van der Waals surface area contributed by atoms with Crippen molar-refractivity contribution in [3.05, 3.63) is 60.8 Å². The van der Waals surface area contributed by atoms with E-state index in [0.29, 0.717) is 19.4 Å². The Morgan fingerprint density at radius 1 is 0.433 bits per heavy atom. The fraction of sp³-hybridized carbons (Fsp3) is 0.803. The average molecular weight is 939 g/mol. The van der Waals surface area contributed by atoms with Crippen LogP contribution >= 0.6 is 0 Å². The molecule has 0 aliphatic heterocycles. The van der Waals surface area contributed by atoms with Gasteiger partial charge in [0.15, 0.2) is 0 Å². The highest BCUT2D eigenvalue weighted by molar-refractivity contribution is 5.76. The minimum Gasteiger partial charge on any atom is -0.466 e. The number of unbranched alkanes of at least 4 members (excludes halogenated alkanes) is 35. The van der Waals surface area contributed by atoms with Crippen LogP contribution in [0.25, 0.3) is 0 Å². The lowest BCUT2D eigenvalue weighted by molar-refractivity contribution is -0.143. The molecule has 0 aromatic rings. The second-order valence-corrected chi connectivity index (χ2v) is 19.6. The number of aliphatic hydroxyl groups is 2. The molecule has 0 aliphatic carbocycles. The van der Waals surface area contributed by atoms with Crippen molar-refractivity contribution in [2.75, 3.05) is 13.2 Å². The Bertz CT molecular complexity index is 1170. The van der Waals surface area contributed by atoms with Crippen molar-refractivity contribution in [3.63, 3.8) is 0 Å². The summed E-state index contributed by atoms with van der Waals surface area (Å²) in [7, 11) is 0. The van der Waals surface area contributed by atoms with Crippen LogP contribution in [0.15, 0.2) is 60.8 Å². The van der Waals surface area contributed by atoms with Gasteiger partial charge in [-0.1, -0.05) is 242 Å². The molecule has 0 radical (unpaired) electrons. The third-order valence-corrected chi connectivity index (χ3v) is 13.0. The van der Waals surface area contributed by atoms with E-state index in [1.807, 2.05) is 6.08 Å². The number of nitrogens with one attached hydrogen (secondary N) is 1. The predicted molar refractivity (Wildman–Crippen MR) is 292 cm³/mol. The van der Waals surface area contributed by atoms with E-state index in [0.717, 1.165) is 83.5 Å². The van der Waals surface area contributed by atoms with E-state index in [-0.39, 0.29) is 18.5 Å². The molecule has 0 heterocycles. The Morgan fingerprint density at radius 2 is 0.791 bits per heavy atom. The maximum atomic E-state index is 12.4. The molecule has 0 aromatic carbocycles. The predicted octanol–water partition coefficient (Wildman–Crippen LogP) is 18.0. The Kier molecular flexibility index (Phi) is 54.1. The van der Waals surface area contributed by atoms with E-state index in [9.17, 15) is 19.8 Å². The van der Waals surface area contributed by atoms with Gasteiger partial charge in [-0.3, -0.25) is 9.59 Å². The first kappa shape index (κ1) is 64.6. The standard InChI is InChI=1S/C61H111NO5/c1-3-5-7-9-11-13-15-17-18-19-24-27-31-35-39-43-47-51-55-61(66)67-56-52-48-44-40-36-32-28-25-22-20-21-23-26-30-34-38-42-46-50-54-60(65)62-58(57-63)59(64)53-49-45-41-37-33-29-16-14-12-10-8-6-4-2/h13,15,18-19,25,28,32,36,49,53,58-59,63-64H,3-12,14,16-17,20-24,26-27,29-31,33-35,37-48,50-52,54-57H2,1-2H3,(H,62,65)/b15-13-,19-18-,28-25-,36-32-,53-49+. The molecule has 0 aromatic heterocycles. The number of allylic oxidation sites excluding steroid dienone is 9. The molecule has 2 unspecified atom stereocenters. The molecule has 0 spiro atoms. The molecular formula is C61H111NO5. The third-order valence-electron chi connectivity index (χ3n) is 13.0. The molecule has 67 heavy (non-hydrogen) atoms. The monoisotopic (exact) mass is 938 g/mol. The zero-order chi connectivity index (χ0) is 48.6. The second kappa shape index (κ2) is 56.2. The van der Waals surface area contributed by atoms with Crippen LogP contribution in [0.4, 0.5) is 0 Å². The van der Waals surface area contributed by atoms with Gasteiger partial charge < -0.3 is 20.3 Å². The highest BCUT2D eigenvalue weighted by atomic mass is 16.5. The smallest absolute Gasteiger partial charge is 0.305 e. The Hall–Kier alpha value is -2.44. The molecule has 1 amide bonds. The molecule has 6 heteroatoms. The molecule has 0 saturated heterocycles. The van der Waals surface area contributed by atoms with E-state index in [2.05, 4.69) is 67.8 Å². The lowest BCUT2D eigenvalue weighted by Gasteiger charge is -2.20. The molecule has 0 rings (SSSR count). The van der Waals surface area contributed by atoms with Crippen molar-refractivity contribution in [1.82, 2.24) is 5.32 Å². The largest absolute Gasteiger partial charge is 0.466 e. The normalized spacial score (nSPS) is 13.1. The summed E-state index contributed by atoms with van der Waals surface area (Å²) in [6.07, 6.45) is 72.4. The number of esters is 1. The van der Waals surface area contributed by atoms with E-state index in [1.165, 1.54) is 180 Å². The van der Waals surface area contributed by atoms with Gasteiger partial charge in [-0.05, 0) is 96.3 Å². The first-order valence-electron chi connectivity index (χ1n) is 29.1. The molecule has 3 N–H and O–H groups in total. The van der Waals surface area contributed by atoms with Gasteiger partial charge in [-0.25, -0.2) is 0 Å². The van der Waals surface area contributed by atoms with E-state index < -0.39 is 12.1 Å². The number of hydrogen-bond donors (Lipinski definition) is 3. The van der Waals surface area contributed by atoms with Gasteiger partial charge in [-0.15, -0.1) is 0 Å². The number of hydrogen-bond acceptors (Lipinski definition) is 5. The zero-order valence-electron chi connectivity index (χ0n) is 44.4.